The fourth-order valence-corrected chi connectivity index (χ4v) is 2.21. The van der Waals surface area contributed by atoms with Crippen LogP contribution in [0.3, 0.4) is 0 Å². The van der Waals surface area contributed by atoms with Gasteiger partial charge < -0.3 is 14.8 Å². The number of esters is 1. The van der Waals surface area contributed by atoms with E-state index in [0.29, 0.717) is 17.9 Å². The summed E-state index contributed by atoms with van der Waals surface area (Å²) in [5.74, 6) is 0.123. The van der Waals surface area contributed by atoms with Crippen molar-refractivity contribution in [3.63, 3.8) is 0 Å². The molecule has 0 saturated carbocycles. The highest BCUT2D eigenvalue weighted by atomic mass is 16.5. The number of amides is 1. The molecule has 0 atom stereocenters. The van der Waals surface area contributed by atoms with Gasteiger partial charge in [-0.3, -0.25) is 9.79 Å². The van der Waals surface area contributed by atoms with Crippen molar-refractivity contribution in [1.29, 1.82) is 0 Å². The van der Waals surface area contributed by atoms with Crippen LogP contribution >= 0.6 is 0 Å². The average Bonchev–Trinajstić information content (AvgIpc) is 2.65. The predicted octanol–water partition coefficient (Wildman–Crippen LogP) is 3.52. The molecule has 0 bridgehead atoms. The third kappa shape index (κ3) is 6.93. The summed E-state index contributed by atoms with van der Waals surface area (Å²) in [4.78, 5) is 27.6. The van der Waals surface area contributed by atoms with E-state index in [-0.39, 0.29) is 24.5 Å². The van der Waals surface area contributed by atoms with Crippen LogP contribution in [-0.4, -0.2) is 37.3 Å². The maximum atomic E-state index is 11.6. The van der Waals surface area contributed by atoms with Crippen molar-refractivity contribution in [2.24, 2.45) is 4.99 Å². The monoisotopic (exact) mass is 368 g/mol. The van der Waals surface area contributed by atoms with Gasteiger partial charge in [0, 0.05) is 12.3 Å². The van der Waals surface area contributed by atoms with Crippen LogP contribution in [0.15, 0.2) is 53.5 Å². The molecule has 1 N–H and O–H groups in total. The summed E-state index contributed by atoms with van der Waals surface area (Å²) in [5.41, 5.74) is 2.12. The molecule has 0 aliphatic heterocycles. The van der Waals surface area contributed by atoms with E-state index in [4.69, 9.17) is 9.47 Å². The van der Waals surface area contributed by atoms with E-state index in [9.17, 15) is 9.59 Å². The largest absolute Gasteiger partial charge is 0.484 e. The first-order valence-corrected chi connectivity index (χ1v) is 8.81. The number of nitrogens with zero attached hydrogens (tertiary/aromatic N) is 1. The average molecular weight is 368 g/mol. The molecule has 27 heavy (non-hydrogen) atoms. The van der Waals surface area contributed by atoms with Crippen molar-refractivity contribution < 1.29 is 19.1 Å². The third-order valence-electron chi connectivity index (χ3n) is 3.44. The van der Waals surface area contributed by atoms with Gasteiger partial charge in [0.05, 0.1) is 17.9 Å². The van der Waals surface area contributed by atoms with E-state index in [1.807, 2.05) is 26.0 Å². The van der Waals surface area contributed by atoms with Gasteiger partial charge >= 0.3 is 5.97 Å². The molecule has 0 aliphatic rings. The molecule has 0 fully saturated rings. The minimum atomic E-state index is -0.342. The normalized spacial score (nSPS) is 10.8. The summed E-state index contributed by atoms with van der Waals surface area (Å²) >= 11 is 0. The first-order chi connectivity index (χ1) is 13.0. The van der Waals surface area contributed by atoms with Crippen molar-refractivity contribution >= 4 is 23.8 Å². The Morgan fingerprint density at radius 1 is 1.07 bits per heavy atom. The van der Waals surface area contributed by atoms with E-state index < -0.39 is 0 Å². The van der Waals surface area contributed by atoms with Gasteiger partial charge in [-0.1, -0.05) is 0 Å². The number of hydrogen-bond acceptors (Lipinski definition) is 5. The van der Waals surface area contributed by atoms with Gasteiger partial charge in [0.25, 0.3) is 5.91 Å². The number of aliphatic imine (C=N–C) groups is 1. The Hall–Kier alpha value is -3.15. The molecule has 0 spiro atoms. The number of carbonyl (C=O) groups is 2. The molecule has 2 aromatic carbocycles. The van der Waals surface area contributed by atoms with Crippen LogP contribution in [0.25, 0.3) is 0 Å². The Bertz CT molecular complexity index is 781. The third-order valence-corrected chi connectivity index (χ3v) is 3.44. The Morgan fingerprint density at radius 2 is 1.74 bits per heavy atom. The van der Waals surface area contributed by atoms with Crippen LogP contribution in [0.2, 0.25) is 0 Å². The zero-order valence-electron chi connectivity index (χ0n) is 15.8. The lowest BCUT2D eigenvalue weighted by atomic mass is 10.2. The highest BCUT2D eigenvalue weighted by Gasteiger charge is 2.05. The number of ether oxygens (including phenoxy) is 2. The lowest BCUT2D eigenvalue weighted by Gasteiger charge is -2.09. The molecular formula is C21H24N2O4. The maximum absolute atomic E-state index is 11.6. The van der Waals surface area contributed by atoms with Crippen molar-refractivity contribution in [2.45, 2.75) is 26.8 Å². The van der Waals surface area contributed by atoms with Crippen molar-refractivity contribution in [3.05, 3.63) is 59.7 Å². The van der Waals surface area contributed by atoms with Crippen LogP contribution in [0.5, 0.6) is 5.75 Å². The van der Waals surface area contributed by atoms with Gasteiger partial charge in [-0.05, 0) is 74.9 Å². The van der Waals surface area contributed by atoms with Crippen LogP contribution in [-0.2, 0) is 9.53 Å². The summed E-state index contributed by atoms with van der Waals surface area (Å²) in [7, 11) is 0. The number of nitrogens with one attached hydrogen (secondary N) is 1. The van der Waals surface area contributed by atoms with Gasteiger partial charge in [-0.15, -0.1) is 0 Å². The second-order valence-electron chi connectivity index (χ2n) is 6.11. The minimum absolute atomic E-state index is 0.0154. The smallest absolute Gasteiger partial charge is 0.338 e. The second-order valence-corrected chi connectivity index (χ2v) is 6.11. The Morgan fingerprint density at radius 3 is 2.33 bits per heavy atom. The summed E-state index contributed by atoms with van der Waals surface area (Å²) < 4.78 is 10.4. The van der Waals surface area contributed by atoms with E-state index in [0.717, 1.165) is 11.3 Å². The van der Waals surface area contributed by atoms with Crippen LogP contribution in [0.4, 0.5) is 5.69 Å². The zero-order valence-corrected chi connectivity index (χ0v) is 15.8. The molecule has 1 amide bonds. The molecule has 0 heterocycles. The zero-order chi connectivity index (χ0) is 19.6. The van der Waals surface area contributed by atoms with Crippen LogP contribution in [0, 0.1) is 0 Å². The fraction of sp³-hybridized carbons (Fsp3) is 0.286. The van der Waals surface area contributed by atoms with E-state index >= 15 is 0 Å². The van der Waals surface area contributed by atoms with E-state index in [1.54, 1.807) is 49.5 Å². The summed E-state index contributed by atoms with van der Waals surface area (Å²) in [6.45, 7) is 5.90. The lowest BCUT2D eigenvalue weighted by Crippen LogP contribution is -2.34. The van der Waals surface area contributed by atoms with Crippen molar-refractivity contribution in [2.75, 3.05) is 13.2 Å². The van der Waals surface area contributed by atoms with E-state index in [2.05, 4.69) is 10.3 Å². The Kier molecular flexibility index (Phi) is 7.55. The topological polar surface area (TPSA) is 77.0 Å². The molecule has 142 valence electrons. The van der Waals surface area contributed by atoms with Gasteiger partial charge in [0.1, 0.15) is 5.75 Å². The minimum Gasteiger partial charge on any atom is -0.484 e. The standard InChI is InChI=1S/C21H24N2O4/c1-4-26-21(25)17-7-9-18(10-8-17)22-13-16-5-11-19(12-6-16)27-14-20(24)23-15(2)3/h5-13,15H,4,14H2,1-3H3,(H,23,24). The van der Waals surface area contributed by atoms with Crippen molar-refractivity contribution in [3.8, 4) is 5.75 Å². The van der Waals surface area contributed by atoms with E-state index in [1.165, 1.54) is 0 Å². The maximum Gasteiger partial charge on any atom is 0.338 e. The molecule has 6 heteroatoms. The Labute approximate surface area is 159 Å². The molecule has 0 aromatic heterocycles. The number of carbonyl (C=O) groups excluding carboxylic acids is 2. The summed E-state index contributed by atoms with van der Waals surface area (Å²) in [5, 5.41) is 2.77. The summed E-state index contributed by atoms with van der Waals surface area (Å²) in [6, 6.07) is 14.3. The number of benzene rings is 2. The fourth-order valence-electron chi connectivity index (χ4n) is 2.21. The van der Waals surface area contributed by atoms with Gasteiger partial charge in [-0.2, -0.15) is 0 Å². The predicted molar refractivity (Wildman–Crippen MR) is 105 cm³/mol. The first-order valence-electron chi connectivity index (χ1n) is 8.81. The highest BCUT2D eigenvalue weighted by Crippen LogP contribution is 2.15. The SMILES string of the molecule is CCOC(=O)c1ccc(N=Cc2ccc(OCC(=O)NC(C)C)cc2)cc1. The first kappa shape index (κ1) is 20.2. The van der Waals surface area contributed by atoms with Crippen molar-refractivity contribution in [1.82, 2.24) is 5.32 Å². The van der Waals surface area contributed by atoms with Gasteiger partial charge in [0.15, 0.2) is 6.61 Å². The second kappa shape index (κ2) is 10.1. The van der Waals surface area contributed by atoms with Crippen LogP contribution < -0.4 is 10.1 Å². The molecule has 0 unspecified atom stereocenters. The van der Waals surface area contributed by atoms with Crippen LogP contribution in [0.1, 0.15) is 36.7 Å². The number of hydrogen-bond donors (Lipinski definition) is 1. The van der Waals surface area contributed by atoms with Gasteiger partial charge in [0.2, 0.25) is 0 Å². The molecule has 6 nitrogen and oxygen atoms in total. The lowest BCUT2D eigenvalue weighted by molar-refractivity contribution is -0.123. The molecule has 2 aromatic rings. The molecular weight excluding hydrogens is 344 g/mol. The molecule has 2 rings (SSSR count). The van der Waals surface area contributed by atoms with Gasteiger partial charge in [-0.25, -0.2) is 4.79 Å². The number of rotatable bonds is 8. The molecule has 0 aliphatic carbocycles. The highest BCUT2D eigenvalue weighted by molar-refractivity contribution is 5.90. The summed E-state index contributed by atoms with van der Waals surface area (Å²) in [6.07, 6.45) is 1.72. The molecule has 0 saturated heterocycles. The Balaban J connectivity index is 1.90. The molecule has 0 radical (unpaired) electrons. The quantitative estimate of drug-likeness (QED) is 0.571.